The highest BCUT2D eigenvalue weighted by molar-refractivity contribution is 9.10. The van der Waals surface area contributed by atoms with Crippen molar-refractivity contribution >= 4 is 21.8 Å². The maximum Gasteiger partial charge on any atom is 0.254 e. The van der Waals surface area contributed by atoms with Gasteiger partial charge in [-0.2, -0.15) is 0 Å². The van der Waals surface area contributed by atoms with Crippen molar-refractivity contribution in [1.29, 1.82) is 0 Å². The lowest BCUT2D eigenvalue weighted by Gasteiger charge is -2.18. The van der Waals surface area contributed by atoms with Crippen molar-refractivity contribution in [2.75, 3.05) is 6.54 Å². The van der Waals surface area contributed by atoms with Gasteiger partial charge in [-0.25, -0.2) is 0 Å². The second-order valence-electron chi connectivity index (χ2n) is 3.81. The van der Waals surface area contributed by atoms with E-state index in [0.29, 0.717) is 16.8 Å². The predicted molar refractivity (Wildman–Crippen MR) is 57.0 cm³/mol. The molecule has 1 rings (SSSR count). The van der Waals surface area contributed by atoms with Crippen LogP contribution in [0.5, 0.6) is 0 Å². The third kappa shape index (κ3) is 3.51. The molecule has 4 nitrogen and oxygen atoms in total. The topological polar surface area (TPSA) is 68.3 Å². The van der Waals surface area contributed by atoms with Crippen molar-refractivity contribution in [1.82, 2.24) is 5.32 Å². The van der Waals surface area contributed by atoms with Crippen LogP contribution in [-0.2, 0) is 0 Å². The Morgan fingerprint density at radius 2 is 2.36 bits per heavy atom. The van der Waals surface area contributed by atoms with Gasteiger partial charge in [-0.15, -0.1) is 0 Å². The first kappa shape index (κ1) is 11.3. The summed E-state index contributed by atoms with van der Waals surface area (Å²) in [6.45, 7) is 4.12. The van der Waals surface area contributed by atoms with E-state index in [1.165, 1.54) is 6.26 Å². The van der Waals surface area contributed by atoms with Gasteiger partial charge in [-0.1, -0.05) is 0 Å². The van der Waals surface area contributed by atoms with Crippen LogP contribution >= 0.6 is 15.9 Å². The number of amides is 1. The minimum Gasteiger partial charge on any atom is -0.457 e. The molecule has 0 saturated carbocycles. The SMILES string of the molecule is CC(C)(N)CNC(=O)c1coc(Br)c1. The Labute approximate surface area is 91.0 Å². The lowest BCUT2D eigenvalue weighted by molar-refractivity contribution is 0.0945. The summed E-state index contributed by atoms with van der Waals surface area (Å²) in [5, 5.41) is 2.71. The van der Waals surface area contributed by atoms with Gasteiger partial charge in [-0.05, 0) is 29.8 Å². The van der Waals surface area contributed by atoms with Crippen LogP contribution in [0.4, 0.5) is 0 Å². The van der Waals surface area contributed by atoms with Crippen LogP contribution < -0.4 is 11.1 Å². The van der Waals surface area contributed by atoms with E-state index in [-0.39, 0.29) is 5.91 Å². The highest BCUT2D eigenvalue weighted by atomic mass is 79.9. The molecule has 1 heterocycles. The molecule has 1 aromatic rings. The first-order valence-electron chi connectivity index (χ1n) is 4.19. The van der Waals surface area contributed by atoms with Crippen molar-refractivity contribution < 1.29 is 9.21 Å². The molecule has 0 fully saturated rings. The number of rotatable bonds is 3. The zero-order chi connectivity index (χ0) is 10.8. The molecule has 0 aliphatic heterocycles. The molecule has 14 heavy (non-hydrogen) atoms. The van der Waals surface area contributed by atoms with Crippen molar-refractivity contribution in [3.05, 3.63) is 22.6 Å². The summed E-state index contributed by atoms with van der Waals surface area (Å²) >= 11 is 3.12. The van der Waals surface area contributed by atoms with Gasteiger partial charge in [0, 0.05) is 18.2 Å². The summed E-state index contributed by atoms with van der Waals surface area (Å²) in [7, 11) is 0. The number of carbonyl (C=O) groups is 1. The maximum absolute atomic E-state index is 11.5. The molecule has 0 spiro atoms. The molecule has 5 heteroatoms. The quantitative estimate of drug-likeness (QED) is 0.866. The molecular formula is C9H13BrN2O2. The fourth-order valence-electron chi connectivity index (χ4n) is 0.839. The van der Waals surface area contributed by atoms with E-state index in [1.807, 2.05) is 13.8 Å². The summed E-state index contributed by atoms with van der Waals surface area (Å²) in [5.41, 5.74) is 5.80. The zero-order valence-electron chi connectivity index (χ0n) is 8.13. The maximum atomic E-state index is 11.5. The summed E-state index contributed by atoms with van der Waals surface area (Å²) in [6, 6.07) is 1.61. The molecule has 0 unspecified atom stereocenters. The first-order valence-corrected chi connectivity index (χ1v) is 4.99. The minimum absolute atomic E-state index is 0.182. The van der Waals surface area contributed by atoms with Crippen LogP contribution in [-0.4, -0.2) is 18.0 Å². The highest BCUT2D eigenvalue weighted by Crippen LogP contribution is 2.13. The normalized spacial score (nSPS) is 11.4. The van der Waals surface area contributed by atoms with Crippen LogP contribution in [0, 0.1) is 0 Å². The van der Waals surface area contributed by atoms with Gasteiger partial charge in [0.2, 0.25) is 0 Å². The van der Waals surface area contributed by atoms with Crippen LogP contribution in [0.25, 0.3) is 0 Å². The van der Waals surface area contributed by atoms with Gasteiger partial charge in [0.15, 0.2) is 4.67 Å². The molecule has 0 aliphatic carbocycles. The third-order valence-corrected chi connectivity index (χ3v) is 1.95. The largest absolute Gasteiger partial charge is 0.457 e. The van der Waals surface area contributed by atoms with Crippen molar-refractivity contribution in [2.45, 2.75) is 19.4 Å². The molecule has 3 N–H and O–H groups in total. The first-order chi connectivity index (χ1) is 6.38. The molecule has 78 valence electrons. The van der Waals surface area contributed by atoms with E-state index in [0.717, 1.165) is 0 Å². The Balaban J connectivity index is 2.52. The number of nitrogens with two attached hydrogens (primary N) is 1. The highest BCUT2D eigenvalue weighted by Gasteiger charge is 2.14. The third-order valence-electron chi connectivity index (χ3n) is 1.53. The Kier molecular flexibility index (Phi) is 3.34. The molecule has 0 aliphatic rings. The van der Waals surface area contributed by atoms with E-state index >= 15 is 0 Å². The molecule has 0 aromatic carbocycles. The second-order valence-corrected chi connectivity index (χ2v) is 4.59. The molecule has 1 aromatic heterocycles. The number of hydrogen-bond donors (Lipinski definition) is 2. The van der Waals surface area contributed by atoms with Gasteiger partial charge in [0.1, 0.15) is 6.26 Å². The standard InChI is InChI=1S/C9H13BrN2O2/c1-9(2,11)5-12-8(13)6-3-7(10)14-4-6/h3-4H,5,11H2,1-2H3,(H,12,13). The summed E-state index contributed by atoms with van der Waals surface area (Å²) in [6.07, 6.45) is 1.39. The van der Waals surface area contributed by atoms with Crippen molar-refractivity contribution in [2.24, 2.45) is 5.73 Å². The summed E-state index contributed by atoms with van der Waals surface area (Å²) in [5.74, 6) is -0.182. The smallest absolute Gasteiger partial charge is 0.254 e. The number of hydrogen-bond acceptors (Lipinski definition) is 3. The molecule has 1 amide bonds. The minimum atomic E-state index is -0.406. The molecule has 0 radical (unpaired) electrons. The zero-order valence-corrected chi connectivity index (χ0v) is 9.72. The van der Waals surface area contributed by atoms with Crippen LogP contribution in [0.2, 0.25) is 0 Å². The van der Waals surface area contributed by atoms with Crippen molar-refractivity contribution in [3.63, 3.8) is 0 Å². The molecule has 0 bridgehead atoms. The average Bonchev–Trinajstić information content (AvgIpc) is 2.46. The van der Waals surface area contributed by atoms with E-state index in [4.69, 9.17) is 10.2 Å². The van der Waals surface area contributed by atoms with E-state index in [2.05, 4.69) is 21.2 Å². The van der Waals surface area contributed by atoms with Gasteiger partial charge in [0.25, 0.3) is 5.91 Å². The van der Waals surface area contributed by atoms with Crippen LogP contribution in [0.15, 0.2) is 21.4 Å². The van der Waals surface area contributed by atoms with Crippen molar-refractivity contribution in [3.8, 4) is 0 Å². The van der Waals surface area contributed by atoms with Gasteiger partial charge in [0.05, 0.1) is 5.56 Å². The number of carbonyl (C=O) groups excluding carboxylic acids is 1. The van der Waals surface area contributed by atoms with Crippen LogP contribution in [0.1, 0.15) is 24.2 Å². The van der Waals surface area contributed by atoms with Gasteiger partial charge in [-0.3, -0.25) is 4.79 Å². The summed E-state index contributed by atoms with van der Waals surface area (Å²) < 4.78 is 5.48. The fourth-order valence-corrected chi connectivity index (χ4v) is 1.18. The van der Waals surface area contributed by atoms with Crippen LogP contribution in [0.3, 0.4) is 0 Å². The monoisotopic (exact) mass is 260 g/mol. The Morgan fingerprint density at radius 3 is 2.79 bits per heavy atom. The van der Waals surface area contributed by atoms with Gasteiger partial charge < -0.3 is 15.5 Å². The molecule has 0 atom stereocenters. The predicted octanol–water partition coefficient (Wildman–Crippen LogP) is 1.51. The fraction of sp³-hybridized carbons (Fsp3) is 0.444. The van der Waals surface area contributed by atoms with E-state index in [9.17, 15) is 4.79 Å². The van der Waals surface area contributed by atoms with Gasteiger partial charge >= 0.3 is 0 Å². The second kappa shape index (κ2) is 4.14. The Hall–Kier alpha value is -0.810. The average molecular weight is 261 g/mol. The lowest BCUT2D eigenvalue weighted by Crippen LogP contribution is -2.45. The molecule has 0 saturated heterocycles. The Bertz CT molecular complexity index is 328. The number of halogens is 1. The summed E-state index contributed by atoms with van der Waals surface area (Å²) in [4.78, 5) is 11.5. The number of furan rings is 1. The Morgan fingerprint density at radius 1 is 1.71 bits per heavy atom. The number of nitrogens with one attached hydrogen (secondary N) is 1. The van der Waals surface area contributed by atoms with E-state index < -0.39 is 5.54 Å². The van der Waals surface area contributed by atoms with E-state index in [1.54, 1.807) is 6.07 Å². The lowest BCUT2D eigenvalue weighted by atomic mass is 10.1. The molecular weight excluding hydrogens is 248 g/mol.